The molecule has 0 saturated carbocycles. The van der Waals surface area contributed by atoms with E-state index in [0.29, 0.717) is 4.21 Å². The summed E-state index contributed by atoms with van der Waals surface area (Å²) in [7, 11) is -3.19. The highest BCUT2D eigenvalue weighted by molar-refractivity contribution is 7.92. The van der Waals surface area contributed by atoms with E-state index >= 15 is 0 Å². The molecule has 0 amide bonds. The molecule has 0 unspecified atom stereocenters. The van der Waals surface area contributed by atoms with Crippen LogP contribution >= 0.6 is 11.3 Å². The first-order chi connectivity index (χ1) is 8.13. The smallest absolute Gasteiger partial charge is 0.192 e. The predicted octanol–water partition coefficient (Wildman–Crippen LogP) is 3.28. The molecule has 1 aromatic carbocycles. The first-order valence-corrected chi connectivity index (χ1v) is 7.99. The number of sulfone groups is 1. The molecule has 0 fully saturated rings. The Kier molecular flexibility index (Phi) is 3.64. The molecule has 2 nitrogen and oxygen atoms in total. The van der Waals surface area contributed by atoms with Crippen LogP contribution in [0.4, 0.5) is 0 Å². The van der Waals surface area contributed by atoms with Crippen molar-refractivity contribution in [2.45, 2.75) is 23.3 Å². The van der Waals surface area contributed by atoms with Crippen LogP contribution in [0.15, 0.2) is 46.0 Å². The summed E-state index contributed by atoms with van der Waals surface area (Å²) >= 11 is 1.31. The van der Waals surface area contributed by atoms with E-state index in [0.717, 1.165) is 17.5 Å². The predicted molar refractivity (Wildman–Crippen MR) is 71.0 cm³/mol. The Morgan fingerprint density at radius 1 is 1.12 bits per heavy atom. The van der Waals surface area contributed by atoms with Crippen molar-refractivity contribution in [1.29, 1.82) is 0 Å². The number of benzene rings is 1. The number of aryl methyl sites for hydroxylation is 1. The van der Waals surface area contributed by atoms with Gasteiger partial charge in [0.15, 0.2) is 9.84 Å². The average Bonchev–Trinajstić information content (AvgIpc) is 2.78. The zero-order valence-corrected chi connectivity index (χ0v) is 11.2. The van der Waals surface area contributed by atoms with Crippen LogP contribution in [0.3, 0.4) is 0 Å². The van der Waals surface area contributed by atoms with Gasteiger partial charge in [-0.05, 0) is 29.0 Å². The molecule has 1 heterocycles. The first-order valence-electron chi connectivity index (χ1n) is 5.46. The van der Waals surface area contributed by atoms with E-state index < -0.39 is 9.84 Å². The molecular formula is C13H14O2S2. The highest BCUT2D eigenvalue weighted by atomic mass is 32.2. The molecule has 0 saturated heterocycles. The molecule has 0 aliphatic heterocycles. The number of thiophene rings is 1. The van der Waals surface area contributed by atoms with Crippen LogP contribution in [0.1, 0.15) is 18.1 Å². The van der Waals surface area contributed by atoms with Crippen molar-refractivity contribution in [2.24, 2.45) is 0 Å². The molecule has 0 radical (unpaired) electrons. The summed E-state index contributed by atoms with van der Waals surface area (Å²) in [4.78, 5) is 0. The molecular weight excluding hydrogens is 252 g/mol. The largest absolute Gasteiger partial charge is 0.223 e. The van der Waals surface area contributed by atoms with Gasteiger partial charge in [0.2, 0.25) is 0 Å². The van der Waals surface area contributed by atoms with Gasteiger partial charge in [0.05, 0.1) is 5.75 Å². The van der Waals surface area contributed by atoms with Crippen molar-refractivity contribution in [3.63, 3.8) is 0 Å². The normalized spacial score (nSPS) is 11.6. The van der Waals surface area contributed by atoms with E-state index in [2.05, 4.69) is 0 Å². The van der Waals surface area contributed by atoms with Crippen LogP contribution in [-0.4, -0.2) is 8.42 Å². The minimum atomic E-state index is -3.19. The minimum absolute atomic E-state index is 0.0847. The molecule has 90 valence electrons. The van der Waals surface area contributed by atoms with Gasteiger partial charge < -0.3 is 0 Å². The zero-order chi connectivity index (χ0) is 12.3. The van der Waals surface area contributed by atoms with Crippen molar-refractivity contribution >= 4 is 21.2 Å². The van der Waals surface area contributed by atoms with Gasteiger partial charge >= 0.3 is 0 Å². The Hall–Kier alpha value is -1.13. The van der Waals surface area contributed by atoms with Gasteiger partial charge in [-0.25, -0.2) is 8.42 Å². The van der Waals surface area contributed by atoms with Crippen molar-refractivity contribution in [3.05, 3.63) is 52.9 Å². The van der Waals surface area contributed by atoms with Crippen LogP contribution in [-0.2, 0) is 22.0 Å². The van der Waals surface area contributed by atoms with E-state index in [9.17, 15) is 8.42 Å². The van der Waals surface area contributed by atoms with Crippen molar-refractivity contribution in [2.75, 3.05) is 0 Å². The van der Waals surface area contributed by atoms with Gasteiger partial charge in [-0.3, -0.25) is 0 Å². The van der Waals surface area contributed by atoms with Gasteiger partial charge in [0, 0.05) is 0 Å². The minimum Gasteiger partial charge on any atom is -0.223 e. The zero-order valence-electron chi connectivity index (χ0n) is 9.59. The van der Waals surface area contributed by atoms with Gasteiger partial charge in [-0.1, -0.05) is 37.3 Å². The summed E-state index contributed by atoms with van der Waals surface area (Å²) < 4.78 is 25.0. The fourth-order valence-electron chi connectivity index (χ4n) is 1.72. The maximum atomic E-state index is 12.3. The molecule has 0 atom stereocenters. The van der Waals surface area contributed by atoms with Crippen LogP contribution in [0.25, 0.3) is 0 Å². The van der Waals surface area contributed by atoms with E-state index in [1.54, 1.807) is 0 Å². The lowest BCUT2D eigenvalue weighted by molar-refractivity contribution is 0.596. The third-order valence-electron chi connectivity index (χ3n) is 2.57. The van der Waals surface area contributed by atoms with Crippen LogP contribution in [0.2, 0.25) is 0 Å². The summed E-state index contributed by atoms with van der Waals surface area (Å²) in [5, 5.41) is 1.84. The molecule has 0 spiro atoms. The van der Waals surface area contributed by atoms with Crippen LogP contribution in [0.5, 0.6) is 0 Å². The van der Waals surface area contributed by atoms with Gasteiger partial charge in [-0.2, -0.15) is 0 Å². The molecule has 2 aromatic rings. The Balaban J connectivity index is 2.32. The SMILES string of the molecule is CCc1ccsc1S(=O)(=O)Cc1ccccc1. The second-order valence-corrected chi connectivity index (χ2v) is 6.93. The van der Waals surface area contributed by atoms with E-state index in [1.807, 2.05) is 48.7 Å². The Labute approximate surface area is 106 Å². The summed E-state index contributed by atoms with van der Waals surface area (Å²) in [6, 6.07) is 11.2. The second-order valence-electron chi connectivity index (χ2n) is 3.83. The van der Waals surface area contributed by atoms with E-state index in [4.69, 9.17) is 0 Å². The fourth-order valence-corrected chi connectivity index (χ4v) is 4.74. The van der Waals surface area contributed by atoms with Crippen LogP contribution < -0.4 is 0 Å². The van der Waals surface area contributed by atoms with Crippen molar-refractivity contribution < 1.29 is 8.42 Å². The number of hydrogen-bond donors (Lipinski definition) is 0. The van der Waals surface area contributed by atoms with Crippen molar-refractivity contribution in [3.8, 4) is 0 Å². The lowest BCUT2D eigenvalue weighted by atomic mass is 10.2. The molecule has 0 aliphatic carbocycles. The van der Waals surface area contributed by atoms with Gasteiger partial charge in [0.1, 0.15) is 4.21 Å². The molecule has 17 heavy (non-hydrogen) atoms. The summed E-state index contributed by atoms with van der Waals surface area (Å²) in [5.74, 6) is 0.0847. The summed E-state index contributed by atoms with van der Waals surface area (Å²) in [5.41, 5.74) is 1.76. The standard InChI is InChI=1S/C13H14O2S2/c1-2-12-8-9-16-13(12)17(14,15)10-11-6-4-3-5-7-11/h3-9H,2,10H2,1H3. The lowest BCUT2D eigenvalue weighted by Crippen LogP contribution is -2.05. The Morgan fingerprint density at radius 3 is 2.47 bits per heavy atom. The van der Waals surface area contributed by atoms with E-state index in [1.165, 1.54) is 11.3 Å². The first kappa shape index (κ1) is 12.3. The third-order valence-corrected chi connectivity index (χ3v) is 5.91. The quantitative estimate of drug-likeness (QED) is 0.851. The second kappa shape index (κ2) is 5.02. The molecule has 4 heteroatoms. The van der Waals surface area contributed by atoms with Crippen molar-refractivity contribution in [1.82, 2.24) is 0 Å². The molecule has 2 rings (SSSR count). The Morgan fingerprint density at radius 2 is 1.82 bits per heavy atom. The molecule has 0 N–H and O–H groups in total. The van der Waals surface area contributed by atoms with Gasteiger partial charge in [0.25, 0.3) is 0 Å². The third kappa shape index (κ3) is 2.76. The van der Waals surface area contributed by atoms with Crippen LogP contribution in [0, 0.1) is 0 Å². The maximum absolute atomic E-state index is 12.3. The fraction of sp³-hybridized carbons (Fsp3) is 0.231. The topological polar surface area (TPSA) is 34.1 Å². The molecule has 0 bridgehead atoms. The molecule has 1 aromatic heterocycles. The lowest BCUT2D eigenvalue weighted by Gasteiger charge is -2.04. The monoisotopic (exact) mass is 266 g/mol. The summed E-state index contributed by atoms with van der Waals surface area (Å²) in [6.07, 6.45) is 0.757. The molecule has 0 aliphatic rings. The van der Waals surface area contributed by atoms with Gasteiger partial charge in [-0.15, -0.1) is 11.3 Å². The van der Waals surface area contributed by atoms with E-state index in [-0.39, 0.29) is 5.75 Å². The number of rotatable bonds is 4. The average molecular weight is 266 g/mol. The Bertz CT molecular complexity index is 583. The highest BCUT2D eigenvalue weighted by Crippen LogP contribution is 2.26. The highest BCUT2D eigenvalue weighted by Gasteiger charge is 2.19. The number of hydrogen-bond acceptors (Lipinski definition) is 3. The summed E-state index contributed by atoms with van der Waals surface area (Å²) in [6.45, 7) is 1.98. The maximum Gasteiger partial charge on any atom is 0.192 e.